The Morgan fingerprint density at radius 2 is 1.08 bits per heavy atom. The van der Waals surface area contributed by atoms with Crippen LogP contribution in [-0.2, 0) is 16.2 Å². The number of para-hydroxylation sites is 3. The maximum Gasteiger partial charge on any atom is 0.159 e. The molecule has 2 aliphatic rings. The topological polar surface area (TPSA) is 16.4 Å². The largest absolute Gasteiger partial charge is 0.454 e. The van der Waals surface area contributed by atoms with Crippen LogP contribution in [0.4, 0.5) is 17.1 Å². The van der Waals surface area contributed by atoms with Gasteiger partial charge in [-0.2, -0.15) is 0 Å². The fraction of sp³-hybridized carbons (Fsp3) is 0.158. The molecule has 1 aromatic heterocycles. The molecule has 0 aliphatic heterocycles. The number of furan rings is 1. The molecule has 2 nitrogen and oxygen atoms in total. The van der Waals surface area contributed by atoms with E-state index in [-0.39, 0.29) is 16.2 Å². The van der Waals surface area contributed by atoms with Gasteiger partial charge in [0.1, 0.15) is 5.58 Å². The summed E-state index contributed by atoms with van der Waals surface area (Å²) in [5.41, 5.74) is 20.2. The summed E-state index contributed by atoms with van der Waals surface area (Å²) in [4.78, 5) is 2.46. The van der Waals surface area contributed by atoms with Crippen molar-refractivity contribution < 1.29 is 4.42 Å². The van der Waals surface area contributed by atoms with Crippen LogP contribution in [0.15, 0.2) is 180 Å². The highest BCUT2D eigenvalue weighted by atomic mass is 16.3. The van der Waals surface area contributed by atoms with Gasteiger partial charge in [0.05, 0.1) is 11.4 Å². The van der Waals surface area contributed by atoms with Gasteiger partial charge >= 0.3 is 0 Å². The summed E-state index contributed by atoms with van der Waals surface area (Å²) in [5.74, 6) is 0. The summed E-state index contributed by atoms with van der Waals surface area (Å²) in [5, 5.41) is 2.22. The zero-order valence-corrected chi connectivity index (χ0v) is 34.6. The Labute approximate surface area is 347 Å². The van der Waals surface area contributed by atoms with Gasteiger partial charge in [-0.1, -0.05) is 180 Å². The standard InChI is InChI=1S/C57H47NO/c1-55(2,3)37-30-32-45-48(34-37)56(4,5)47-26-16-23-43(53(45)47)41-21-11-14-27-50(41)58(51-28-17-24-44-42-22-12-15-29-52(42)59-54(44)51)38-31-33-40-39-20-10-13-25-46(39)57(6,49(40)35-38)36-18-8-7-9-19-36/h7-35H,1-6H3. The third-order valence-corrected chi connectivity index (χ3v) is 13.5. The number of rotatable bonds is 5. The smallest absolute Gasteiger partial charge is 0.159 e. The van der Waals surface area contributed by atoms with Gasteiger partial charge in [-0.3, -0.25) is 0 Å². The van der Waals surface area contributed by atoms with Gasteiger partial charge in [-0.25, -0.2) is 0 Å². The summed E-state index contributed by atoms with van der Waals surface area (Å²) in [6.45, 7) is 14.1. The van der Waals surface area contributed by atoms with Crippen LogP contribution in [0, 0.1) is 0 Å². The Bertz CT molecular complexity index is 3140. The number of hydrogen-bond donors (Lipinski definition) is 0. The van der Waals surface area contributed by atoms with Gasteiger partial charge in [-0.15, -0.1) is 0 Å². The van der Waals surface area contributed by atoms with Crippen LogP contribution in [0.5, 0.6) is 0 Å². The molecule has 0 bridgehead atoms. The van der Waals surface area contributed by atoms with Gasteiger partial charge in [0.15, 0.2) is 5.58 Å². The van der Waals surface area contributed by atoms with Gasteiger partial charge in [0.2, 0.25) is 0 Å². The van der Waals surface area contributed by atoms with Crippen molar-refractivity contribution in [2.75, 3.05) is 4.90 Å². The molecule has 0 radical (unpaired) electrons. The van der Waals surface area contributed by atoms with Crippen LogP contribution >= 0.6 is 0 Å². The van der Waals surface area contributed by atoms with Crippen molar-refractivity contribution in [3.05, 3.63) is 209 Å². The monoisotopic (exact) mass is 761 g/mol. The number of anilines is 3. The summed E-state index contributed by atoms with van der Waals surface area (Å²) in [6.07, 6.45) is 0. The normalized spacial score (nSPS) is 16.2. The Balaban J connectivity index is 1.19. The molecule has 11 rings (SSSR count). The third-order valence-electron chi connectivity index (χ3n) is 13.5. The minimum Gasteiger partial charge on any atom is -0.454 e. The maximum absolute atomic E-state index is 6.85. The molecule has 1 unspecified atom stereocenters. The van der Waals surface area contributed by atoms with Crippen LogP contribution < -0.4 is 4.90 Å². The molecule has 8 aromatic carbocycles. The molecule has 0 spiro atoms. The lowest BCUT2D eigenvalue weighted by Crippen LogP contribution is -2.23. The van der Waals surface area contributed by atoms with Crippen molar-refractivity contribution >= 4 is 39.0 Å². The van der Waals surface area contributed by atoms with E-state index in [2.05, 4.69) is 222 Å². The molecule has 9 aromatic rings. The van der Waals surface area contributed by atoms with Crippen LogP contribution in [0.25, 0.3) is 55.3 Å². The van der Waals surface area contributed by atoms with E-state index in [9.17, 15) is 0 Å². The fourth-order valence-corrected chi connectivity index (χ4v) is 10.4. The second kappa shape index (κ2) is 12.7. The molecule has 2 heteroatoms. The van der Waals surface area contributed by atoms with E-state index in [1.54, 1.807) is 0 Å². The van der Waals surface area contributed by atoms with Crippen LogP contribution in [0.3, 0.4) is 0 Å². The Kier molecular flexibility index (Phi) is 7.63. The Morgan fingerprint density at radius 3 is 1.92 bits per heavy atom. The minimum atomic E-state index is -0.346. The van der Waals surface area contributed by atoms with E-state index in [1.165, 1.54) is 66.8 Å². The lowest BCUT2D eigenvalue weighted by molar-refractivity contribution is 0.584. The predicted octanol–water partition coefficient (Wildman–Crippen LogP) is 15.7. The van der Waals surface area contributed by atoms with Gasteiger partial charge in [-0.05, 0) is 104 Å². The quantitative estimate of drug-likeness (QED) is 0.174. The lowest BCUT2D eigenvalue weighted by atomic mass is 9.74. The number of fused-ring (bicyclic) bond motifs is 9. The van der Waals surface area contributed by atoms with E-state index < -0.39 is 0 Å². The predicted molar refractivity (Wildman–Crippen MR) is 248 cm³/mol. The number of hydrogen-bond acceptors (Lipinski definition) is 2. The highest BCUT2D eigenvalue weighted by Gasteiger charge is 2.42. The van der Waals surface area contributed by atoms with Crippen molar-refractivity contribution in [2.24, 2.45) is 0 Å². The summed E-state index contributed by atoms with van der Waals surface area (Å²) < 4.78 is 6.85. The second-order valence-corrected chi connectivity index (χ2v) is 18.2. The highest BCUT2D eigenvalue weighted by Crippen LogP contribution is 2.57. The van der Waals surface area contributed by atoms with E-state index in [4.69, 9.17) is 4.42 Å². The van der Waals surface area contributed by atoms with Crippen LogP contribution in [0.2, 0.25) is 0 Å². The first-order valence-electron chi connectivity index (χ1n) is 20.9. The Hall–Kier alpha value is -6.64. The second-order valence-electron chi connectivity index (χ2n) is 18.2. The van der Waals surface area contributed by atoms with Gasteiger partial charge in [0.25, 0.3) is 0 Å². The van der Waals surface area contributed by atoms with Gasteiger partial charge in [0, 0.05) is 32.9 Å². The highest BCUT2D eigenvalue weighted by molar-refractivity contribution is 6.11. The molecule has 286 valence electrons. The molecule has 59 heavy (non-hydrogen) atoms. The minimum absolute atomic E-state index is 0.0569. The fourth-order valence-electron chi connectivity index (χ4n) is 10.4. The third kappa shape index (κ3) is 5.12. The zero-order chi connectivity index (χ0) is 40.3. The molecule has 2 aliphatic carbocycles. The molecule has 0 amide bonds. The first kappa shape index (κ1) is 35.5. The Morgan fingerprint density at radius 1 is 0.458 bits per heavy atom. The number of benzene rings is 8. The van der Waals surface area contributed by atoms with Gasteiger partial charge < -0.3 is 9.32 Å². The molecule has 1 heterocycles. The SMILES string of the molecule is CC(C)(C)c1ccc2c(c1)C(C)(C)c1cccc(-c3ccccc3N(c3ccc4c(c3)C(C)(c3ccccc3)c3ccccc3-4)c3cccc4c3oc3ccccc34)c1-2. The van der Waals surface area contributed by atoms with E-state index in [1.807, 2.05) is 0 Å². The average molecular weight is 762 g/mol. The van der Waals surface area contributed by atoms with E-state index in [0.717, 1.165) is 39.0 Å². The van der Waals surface area contributed by atoms with Crippen molar-refractivity contribution in [1.29, 1.82) is 0 Å². The summed E-state index contributed by atoms with van der Waals surface area (Å²) >= 11 is 0. The zero-order valence-electron chi connectivity index (χ0n) is 34.6. The molecule has 0 fully saturated rings. The molecule has 0 saturated carbocycles. The van der Waals surface area contributed by atoms with Crippen molar-refractivity contribution in [1.82, 2.24) is 0 Å². The lowest BCUT2D eigenvalue weighted by Gasteiger charge is -2.32. The average Bonchev–Trinajstić information content (AvgIpc) is 3.85. The van der Waals surface area contributed by atoms with Crippen molar-refractivity contribution in [2.45, 2.75) is 57.8 Å². The first-order chi connectivity index (χ1) is 28.5. The van der Waals surface area contributed by atoms with Crippen LogP contribution in [-0.4, -0.2) is 0 Å². The number of nitrogens with zero attached hydrogens (tertiary/aromatic N) is 1. The van der Waals surface area contributed by atoms with E-state index >= 15 is 0 Å². The van der Waals surface area contributed by atoms with Crippen molar-refractivity contribution in [3.8, 4) is 33.4 Å². The summed E-state index contributed by atoms with van der Waals surface area (Å²) in [6, 6.07) is 65.1. The molecule has 1 atom stereocenters. The summed E-state index contributed by atoms with van der Waals surface area (Å²) in [7, 11) is 0. The van der Waals surface area contributed by atoms with Crippen LogP contribution in [0.1, 0.15) is 74.9 Å². The molecule has 0 N–H and O–H groups in total. The van der Waals surface area contributed by atoms with Crippen molar-refractivity contribution in [3.63, 3.8) is 0 Å². The molecular weight excluding hydrogens is 715 g/mol. The maximum atomic E-state index is 6.85. The van der Waals surface area contributed by atoms with E-state index in [0.29, 0.717) is 0 Å². The first-order valence-corrected chi connectivity index (χ1v) is 20.9. The molecule has 0 saturated heterocycles. The molecular formula is C57H47NO.